The minimum Gasteiger partial charge on any atom is -0.462 e. The molecule has 0 aromatic carbocycles. The second kappa shape index (κ2) is 4.31. The second-order valence-electron chi connectivity index (χ2n) is 2.35. The standard InChI is InChI=1S/C9H10N2O2/c1-3-5-11-7-8(6-10-11)9(12)13-4-2/h1,6-7H,4-5H2,2H3. The summed E-state index contributed by atoms with van der Waals surface area (Å²) in [4.78, 5) is 11.1. The van der Waals surface area contributed by atoms with Crippen molar-refractivity contribution in [1.82, 2.24) is 9.78 Å². The average molecular weight is 178 g/mol. The number of carbonyl (C=O) groups is 1. The highest BCUT2D eigenvalue weighted by atomic mass is 16.5. The number of aromatic nitrogens is 2. The van der Waals surface area contributed by atoms with Gasteiger partial charge in [-0.05, 0) is 6.92 Å². The quantitative estimate of drug-likeness (QED) is 0.505. The van der Waals surface area contributed by atoms with Crippen molar-refractivity contribution >= 4 is 5.97 Å². The molecule has 0 amide bonds. The first-order valence-electron chi connectivity index (χ1n) is 3.91. The van der Waals surface area contributed by atoms with Crippen molar-refractivity contribution < 1.29 is 9.53 Å². The molecule has 4 heteroatoms. The van der Waals surface area contributed by atoms with Crippen molar-refractivity contribution in [2.75, 3.05) is 6.61 Å². The van der Waals surface area contributed by atoms with E-state index in [1.54, 1.807) is 13.1 Å². The number of hydrogen-bond donors (Lipinski definition) is 0. The fourth-order valence-electron chi connectivity index (χ4n) is 0.863. The van der Waals surface area contributed by atoms with E-state index in [0.717, 1.165) is 0 Å². The molecule has 0 unspecified atom stereocenters. The molecule has 0 atom stereocenters. The zero-order chi connectivity index (χ0) is 9.68. The zero-order valence-electron chi connectivity index (χ0n) is 7.36. The van der Waals surface area contributed by atoms with Gasteiger partial charge in [0.15, 0.2) is 0 Å². The number of rotatable bonds is 3. The third-order valence-corrected chi connectivity index (χ3v) is 1.40. The fraction of sp³-hybridized carbons (Fsp3) is 0.333. The van der Waals surface area contributed by atoms with Crippen LogP contribution in [0, 0.1) is 12.3 Å². The highest BCUT2D eigenvalue weighted by Crippen LogP contribution is 1.99. The molecule has 0 saturated carbocycles. The first kappa shape index (κ1) is 9.33. The first-order chi connectivity index (χ1) is 6.27. The van der Waals surface area contributed by atoms with Gasteiger partial charge in [0.25, 0.3) is 0 Å². The van der Waals surface area contributed by atoms with Gasteiger partial charge in [0, 0.05) is 6.20 Å². The lowest BCUT2D eigenvalue weighted by Crippen LogP contribution is -2.03. The molecule has 0 fully saturated rings. The molecule has 1 aromatic heterocycles. The van der Waals surface area contributed by atoms with Crippen LogP contribution in [0.25, 0.3) is 0 Å². The predicted molar refractivity (Wildman–Crippen MR) is 47.0 cm³/mol. The van der Waals surface area contributed by atoms with Gasteiger partial charge in [-0.2, -0.15) is 5.10 Å². The Hall–Kier alpha value is -1.76. The van der Waals surface area contributed by atoms with Crippen LogP contribution in [0.3, 0.4) is 0 Å². The van der Waals surface area contributed by atoms with Crippen molar-refractivity contribution in [3.05, 3.63) is 18.0 Å². The topological polar surface area (TPSA) is 44.1 Å². The van der Waals surface area contributed by atoms with E-state index in [-0.39, 0.29) is 5.97 Å². The number of carbonyl (C=O) groups excluding carboxylic acids is 1. The van der Waals surface area contributed by atoms with Crippen LogP contribution in [-0.2, 0) is 11.3 Å². The lowest BCUT2D eigenvalue weighted by Gasteiger charge is -1.96. The Morgan fingerprint density at radius 1 is 1.85 bits per heavy atom. The minimum atomic E-state index is -0.370. The molecule has 0 radical (unpaired) electrons. The molecule has 1 heterocycles. The van der Waals surface area contributed by atoms with Crippen LogP contribution in [0.15, 0.2) is 12.4 Å². The van der Waals surface area contributed by atoms with E-state index >= 15 is 0 Å². The van der Waals surface area contributed by atoms with E-state index in [4.69, 9.17) is 11.2 Å². The van der Waals surface area contributed by atoms with Crippen LogP contribution in [0.5, 0.6) is 0 Å². The van der Waals surface area contributed by atoms with Gasteiger partial charge in [-0.1, -0.05) is 5.92 Å². The number of hydrogen-bond acceptors (Lipinski definition) is 3. The molecule has 0 saturated heterocycles. The smallest absolute Gasteiger partial charge is 0.341 e. The summed E-state index contributed by atoms with van der Waals surface area (Å²) in [7, 11) is 0. The molecule has 13 heavy (non-hydrogen) atoms. The number of esters is 1. The normalized spacial score (nSPS) is 9.23. The van der Waals surface area contributed by atoms with Crippen molar-refractivity contribution in [2.24, 2.45) is 0 Å². The molecule has 0 spiro atoms. The van der Waals surface area contributed by atoms with E-state index in [1.165, 1.54) is 10.9 Å². The molecule has 68 valence electrons. The number of nitrogens with zero attached hydrogens (tertiary/aromatic N) is 2. The summed E-state index contributed by atoms with van der Waals surface area (Å²) in [6.45, 7) is 2.47. The van der Waals surface area contributed by atoms with Crippen LogP contribution in [0.1, 0.15) is 17.3 Å². The largest absolute Gasteiger partial charge is 0.462 e. The van der Waals surface area contributed by atoms with Crippen molar-refractivity contribution in [1.29, 1.82) is 0 Å². The van der Waals surface area contributed by atoms with E-state index in [0.29, 0.717) is 18.7 Å². The molecule has 0 N–H and O–H groups in total. The van der Waals surface area contributed by atoms with Gasteiger partial charge >= 0.3 is 5.97 Å². The van der Waals surface area contributed by atoms with Crippen molar-refractivity contribution in [3.63, 3.8) is 0 Å². The summed E-state index contributed by atoms with van der Waals surface area (Å²) in [6, 6.07) is 0. The van der Waals surface area contributed by atoms with Gasteiger partial charge in [0.2, 0.25) is 0 Å². The van der Waals surface area contributed by atoms with Crippen LogP contribution in [-0.4, -0.2) is 22.4 Å². The van der Waals surface area contributed by atoms with Gasteiger partial charge in [0.1, 0.15) is 6.54 Å². The van der Waals surface area contributed by atoms with Crippen LogP contribution < -0.4 is 0 Å². The average Bonchev–Trinajstić information content (AvgIpc) is 2.54. The van der Waals surface area contributed by atoms with Gasteiger partial charge in [-0.25, -0.2) is 4.79 Å². The summed E-state index contributed by atoms with van der Waals surface area (Å²) in [5, 5.41) is 3.88. The van der Waals surface area contributed by atoms with E-state index < -0.39 is 0 Å². The Morgan fingerprint density at radius 2 is 2.62 bits per heavy atom. The lowest BCUT2D eigenvalue weighted by molar-refractivity contribution is 0.0526. The second-order valence-corrected chi connectivity index (χ2v) is 2.35. The maximum Gasteiger partial charge on any atom is 0.341 e. The van der Waals surface area contributed by atoms with Gasteiger partial charge in [0.05, 0.1) is 18.4 Å². The van der Waals surface area contributed by atoms with E-state index in [9.17, 15) is 4.79 Å². The van der Waals surface area contributed by atoms with E-state index in [1.807, 2.05) is 0 Å². The molecule has 1 rings (SSSR count). The molecule has 0 aliphatic heterocycles. The van der Waals surface area contributed by atoms with Gasteiger partial charge in [-0.3, -0.25) is 4.68 Å². The van der Waals surface area contributed by atoms with Crippen molar-refractivity contribution in [3.8, 4) is 12.3 Å². The highest BCUT2D eigenvalue weighted by Gasteiger charge is 2.08. The lowest BCUT2D eigenvalue weighted by atomic mass is 10.4. The SMILES string of the molecule is C#CCn1cc(C(=O)OCC)cn1. The van der Waals surface area contributed by atoms with Gasteiger partial charge < -0.3 is 4.74 Å². The van der Waals surface area contributed by atoms with Crippen LogP contribution in [0.2, 0.25) is 0 Å². The van der Waals surface area contributed by atoms with E-state index in [2.05, 4.69) is 11.0 Å². The third kappa shape index (κ3) is 2.34. The van der Waals surface area contributed by atoms with Crippen LogP contribution >= 0.6 is 0 Å². The number of ether oxygens (including phenoxy) is 1. The fourth-order valence-corrected chi connectivity index (χ4v) is 0.863. The third-order valence-electron chi connectivity index (χ3n) is 1.40. The Balaban J connectivity index is 2.69. The van der Waals surface area contributed by atoms with Crippen molar-refractivity contribution in [2.45, 2.75) is 13.5 Å². The zero-order valence-corrected chi connectivity index (χ0v) is 7.36. The Kier molecular flexibility index (Phi) is 3.09. The maximum atomic E-state index is 11.1. The number of terminal acetylenes is 1. The summed E-state index contributed by atoms with van der Waals surface area (Å²) in [5.41, 5.74) is 0.428. The molecule has 0 aliphatic carbocycles. The summed E-state index contributed by atoms with van der Waals surface area (Å²) < 4.78 is 6.28. The molecule has 4 nitrogen and oxygen atoms in total. The predicted octanol–water partition coefficient (Wildman–Crippen LogP) is 0.693. The summed E-state index contributed by atoms with van der Waals surface area (Å²) in [5.74, 6) is 2.05. The monoisotopic (exact) mass is 178 g/mol. The Bertz CT molecular complexity index is 336. The Morgan fingerprint density at radius 3 is 3.23 bits per heavy atom. The molecule has 0 aliphatic rings. The highest BCUT2D eigenvalue weighted by molar-refractivity contribution is 5.88. The Labute approximate surface area is 76.5 Å². The molecule has 1 aromatic rings. The summed E-state index contributed by atoms with van der Waals surface area (Å²) >= 11 is 0. The summed E-state index contributed by atoms with van der Waals surface area (Å²) in [6.07, 6.45) is 8.08. The molecular weight excluding hydrogens is 168 g/mol. The van der Waals surface area contributed by atoms with Crippen LogP contribution in [0.4, 0.5) is 0 Å². The van der Waals surface area contributed by atoms with Gasteiger partial charge in [-0.15, -0.1) is 6.42 Å². The molecular formula is C9H10N2O2. The molecule has 0 bridgehead atoms. The first-order valence-corrected chi connectivity index (χ1v) is 3.91. The maximum absolute atomic E-state index is 11.1. The minimum absolute atomic E-state index is 0.360.